The first-order chi connectivity index (χ1) is 8.86. The molecule has 1 rings (SSSR count). The van der Waals surface area contributed by atoms with Gasteiger partial charge in [-0.1, -0.05) is 6.07 Å². The molecule has 0 aliphatic heterocycles. The van der Waals surface area contributed by atoms with E-state index in [0.29, 0.717) is 30.9 Å². The second-order valence-electron chi connectivity index (χ2n) is 3.87. The lowest BCUT2D eigenvalue weighted by Crippen LogP contribution is -2.28. The van der Waals surface area contributed by atoms with E-state index in [1.165, 1.54) is 12.1 Å². The summed E-state index contributed by atoms with van der Waals surface area (Å²) in [5.74, 6) is -0.348. The maximum absolute atomic E-state index is 11.9. The molecule has 7 heteroatoms. The highest BCUT2D eigenvalue weighted by Crippen LogP contribution is 2.19. The molecule has 1 aromatic carbocycles. The number of rotatable bonds is 6. The third-order valence-electron chi connectivity index (χ3n) is 2.47. The van der Waals surface area contributed by atoms with Gasteiger partial charge >= 0.3 is 0 Å². The lowest BCUT2D eigenvalue weighted by molar-refractivity contribution is 0.0922. The Hall–Kier alpha value is -1.11. The summed E-state index contributed by atoms with van der Waals surface area (Å²) in [6, 6.07) is 4.19. The molecule has 0 saturated carbocycles. The highest BCUT2D eigenvalue weighted by Gasteiger charge is 2.15. The monoisotopic (exact) mass is 305 g/mol. The number of ether oxygens (including phenoxy) is 1. The van der Waals surface area contributed by atoms with Crippen LogP contribution in [0.15, 0.2) is 23.1 Å². The number of halogens is 1. The van der Waals surface area contributed by atoms with Crippen LogP contribution in [0.5, 0.6) is 0 Å². The summed E-state index contributed by atoms with van der Waals surface area (Å²) in [5, 5.41) is 2.65. The number of carbonyl (C=O) groups is 1. The SMILES string of the molecule is CCOCCNC(=O)c1cc(S(=O)(=O)Cl)ccc1C. The smallest absolute Gasteiger partial charge is 0.261 e. The molecule has 0 radical (unpaired) electrons. The maximum atomic E-state index is 11.9. The minimum absolute atomic E-state index is 0.0882. The second kappa shape index (κ2) is 6.88. The molecule has 0 heterocycles. The molecular formula is C12H16ClNO4S. The third kappa shape index (κ3) is 4.81. The average Bonchev–Trinajstić information content (AvgIpc) is 2.33. The maximum Gasteiger partial charge on any atom is 0.261 e. The fraction of sp³-hybridized carbons (Fsp3) is 0.417. The normalized spacial score (nSPS) is 11.3. The van der Waals surface area contributed by atoms with Gasteiger partial charge in [0.25, 0.3) is 15.0 Å². The molecule has 0 atom stereocenters. The van der Waals surface area contributed by atoms with E-state index in [9.17, 15) is 13.2 Å². The molecule has 1 N–H and O–H groups in total. The molecule has 1 amide bonds. The zero-order chi connectivity index (χ0) is 14.5. The molecule has 0 aliphatic carbocycles. The van der Waals surface area contributed by atoms with Crippen molar-refractivity contribution in [3.8, 4) is 0 Å². The summed E-state index contributed by atoms with van der Waals surface area (Å²) in [4.78, 5) is 11.8. The first-order valence-corrected chi connectivity index (χ1v) is 8.08. The average molecular weight is 306 g/mol. The van der Waals surface area contributed by atoms with E-state index in [2.05, 4.69) is 5.32 Å². The minimum atomic E-state index is -3.84. The van der Waals surface area contributed by atoms with Gasteiger partial charge in [-0.05, 0) is 31.5 Å². The lowest BCUT2D eigenvalue weighted by Gasteiger charge is -2.08. The fourth-order valence-corrected chi connectivity index (χ4v) is 2.25. The van der Waals surface area contributed by atoms with Gasteiger partial charge in [-0.2, -0.15) is 0 Å². The number of amides is 1. The van der Waals surface area contributed by atoms with Crippen molar-refractivity contribution in [1.82, 2.24) is 5.32 Å². The topological polar surface area (TPSA) is 72.5 Å². The van der Waals surface area contributed by atoms with E-state index in [1.807, 2.05) is 6.92 Å². The zero-order valence-corrected chi connectivity index (χ0v) is 12.3. The predicted molar refractivity (Wildman–Crippen MR) is 73.0 cm³/mol. The van der Waals surface area contributed by atoms with E-state index in [1.54, 1.807) is 13.0 Å². The summed E-state index contributed by atoms with van der Waals surface area (Å²) < 4.78 is 27.6. The molecule has 0 spiro atoms. The number of aryl methyl sites for hydroxylation is 1. The van der Waals surface area contributed by atoms with Gasteiger partial charge < -0.3 is 10.1 Å². The quantitative estimate of drug-likeness (QED) is 0.641. The van der Waals surface area contributed by atoms with Crippen LogP contribution in [0.1, 0.15) is 22.8 Å². The van der Waals surface area contributed by atoms with Crippen LogP contribution < -0.4 is 5.32 Å². The van der Waals surface area contributed by atoms with Crippen molar-refractivity contribution in [2.45, 2.75) is 18.7 Å². The Morgan fingerprint density at radius 3 is 2.68 bits per heavy atom. The van der Waals surface area contributed by atoms with Crippen LogP contribution in [0.4, 0.5) is 0 Å². The van der Waals surface area contributed by atoms with Crippen LogP contribution >= 0.6 is 10.7 Å². The Morgan fingerprint density at radius 2 is 2.11 bits per heavy atom. The molecule has 106 valence electrons. The van der Waals surface area contributed by atoms with Gasteiger partial charge in [-0.25, -0.2) is 8.42 Å². The van der Waals surface area contributed by atoms with Crippen molar-refractivity contribution in [3.05, 3.63) is 29.3 Å². The zero-order valence-electron chi connectivity index (χ0n) is 10.8. The first-order valence-electron chi connectivity index (χ1n) is 5.77. The van der Waals surface area contributed by atoms with Crippen molar-refractivity contribution in [2.24, 2.45) is 0 Å². The summed E-state index contributed by atoms with van der Waals surface area (Å²) in [7, 11) is 1.42. The number of nitrogens with one attached hydrogen (secondary N) is 1. The van der Waals surface area contributed by atoms with E-state index in [4.69, 9.17) is 15.4 Å². The van der Waals surface area contributed by atoms with Gasteiger partial charge in [0.05, 0.1) is 11.5 Å². The summed E-state index contributed by atoms with van der Waals surface area (Å²) in [6.07, 6.45) is 0. The number of hydrogen-bond acceptors (Lipinski definition) is 4. The van der Waals surface area contributed by atoms with Crippen LogP contribution in [0.25, 0.3) is 0 Å². The number of benzene rings is 1. The van der Waals surface area contributed by atoms with E-state index >= 15 is 0 Å². The van der Waals surface area contributed by atoms with Crippen molar-refractivity contribution >= 4 is 25.6 Å². The molecular weight excluding hydrogens is 290 g/mol. The Balaban J connectivity index is 2.84. The van der Waals surface area contributed by atoms with Crippen LogP contribution in [0.2, 0.25) is 0 Å². The molecule has 5 nitrogen and oxygen atoms in total. The number of carbonyl (C=O) groups excluding carboxylic acids is 1. The highest BCUT2D eigenvalue weighted by molar-refractivity contribution is 8.13. The van der Waals surface area contributed by atoms with E-state index in [-0.39, 0.29) is 10.8 Å². The molecule has 19 heavy (non-hydrogen) atoms. The van der Waals surface area contributed by atoms with E-state index in [0.717, 1.165) is 0 Å². The van der Waals surface area contributed by atoms with Crippen LogP contribution in [-0.2, 0) is 13.8 Å². The fourth-order valence-electron chi connectivity index (χ4n) is 1.47. The molecule has 0 bridgehead atoms. The molecule has 1 aromatic rings. The van der Waals surface area contributed by atoms with Crippen LogP contribution in [0.3, 0.4) is 0 Å². The van der Waals surface area contributed by atoms with Gasteiger partial charge in [-0.15, -0.1) is 0 Å². The first kappa shape index (κ1) is 15.9. The Kier molecular flexibility index (Phi) is 5.78. The Bertz CT molecular complexity index is 557. The highest BCUT2D eigenvalue weighted by atomic mass is 35.7. The van der Waals surface area contributed by atoms with Crippen LogP contribution in [0, 0.1) is 6.92 Å². The summed E-state index contributed by atoms with van der Waals surface area (Å²) >= 11 is 0. The molecule has 0 aliphatic rings. The summed E-state index contributed by atoms with van der Waals surface area (Å²) in [6.45, 7) is 4.94. The number of hydrogen-bond donors (Lipinski definition) is 1. The predicted octanol–water partition coefficient (Wildman–Crippen LogP) is 1.69. The van der Waals surface area contributed by atoms with Crippen molar-refractivity contribution in [2.75, 3.05) is 19.8 Å². The second-order valence-corrected chi connectivity index (χ2v) is 6.43. The van der Waals surface area contributed by atoms with Gasteiger partial charge in [-0.3, -0.25) is 4.79 Å². The Morgan fingerprint density at radius 1 is 1.42 bits per heavy atom. The summed E-state index contributed by atoms with van der Waals surface area (Å²) in [5.41, 5.74) is 0.969. The van der Waals surface area contributed by atoms with Gasteiger partial charge in [0, 0.05) is 29.4 Å². The van der Waals surface area contributed by atoms with Crippen molar-refractivity contribution < 1.29 is 17.9 Å². The lowest BCUT2D eigenvalue weighted by atomic mass is 10.1. The van der Waals surface area contributed by atoms with Crippen molar-refractivity contribution in [1.29, 1.82) is 0 Å². The van der Waals surface area contributed by atoms with Gasteiger partial charge in [0.2, 0.25) is 0 Å². The van der Waals surface area contributed by atoms with Gasteiger partial charge in [0.15, 0.2) is 0 Å². The van der Waals surface area contributed by atoms with Gasteiger partial charge in [0.1, 0.15) is 0 Å². The standard InChI is InChI=1S/C12H16ClNO4S/c1-3-18-7-6-14-12(15)11-8-10(19(13,16)17)5-4-9(11)2/h4-5,8H,3,6-7H2,1-2H3,(H,14,15). The molecule has 0 fully saturated rings. The minimum Gasteiger partial charge on any atom is -0.380 e. The molecule has 0 aromatic heterocycles. The van der Waals surface area contributed by atoms with E-state index < -0.39 is 9.05 Å². The molecule has 0 saturated heterocycles. The van der Waals surface area contributed by atoms with Crippen LogP contribution in [-0.4, -0.2) is 34.1 Å². The third-order valence-corrected chi connectivity index (χ3v) is 3.82. The Labute approximate surface area is 117 Å². The van der Waals surface area contributed by atoms with Crippen molar-refractivity contribution in [3.63, 3.8) is 0 Å². The molecule has 0 unspecified atom stereocenters. The largest absolute Gasteiger partial charge is 0.380 e.